The minimum absolute atomic E-state index is 0.00693. The molecule has 0 saturated carbocycles. The topological polar surface area (TPSA) is 74.8 Å². The molecule has 1 unspecified atom stereocenters. The molecule has 1 aliphatic heterocycles. The molecule has 12 heteroatoms. The average Bonchev–Trinajstić information content (AvgIpc) is 2.97. The van der Waals surface area contributed by atoms with Gasteiger partial charge in [0.25, 0.3) is 0 Å². The highest BCUT2D eigenvalue weighted by molar-refractivity contribution is 7.91. The van der Waals surface area contributed by atoms with Gasteiger partial charge in [0.1, 0.15) is 5.52 Å². The van der Waals surface area contributed by atoms with Crippen LogP contribution in [-0.4, -0.2) is 35.9 Å². The number of aromatic amines is 1. The van der Waals surface area contributed by atoms with Gasteiger partial charge in [0.2, 0.25) is 5.95 Å². The van der Waals surface area contributed by atoms with E-state index in [1.807, 2.05) is 0 Å². The van der Waals surface area contributed by atoms with E-state index in [4.69, 9.17) is 0 Å². The molecule has 0 spiro atoms. The van der Waals surface area contributed by atoms with Crippen molar-refractivity contribution in [2.45, 2.75) is 24.8 Å². The lowest BCUT2D eigenvalue weighted by Crippen LogP contribution is -2.21. The summed E-state index contributed by atoms with van der Waals surface area (Å²) in [7, 11) is -3.24. The van der Waals surface area contributed by atoms with Crippen LogP contribution in [0, 0.1) is 0 Å². The Bertz CT molecular complexity index is 916. The number of imidazole rings is 1. The highest BCUT2D eigenvalue weighted by atomic mass is 32.2. The van der Waals surface area contributed by atoms with Crippen molar-refractivity contribution < 1.29 is 34.8 Å². The normalized spacial score (nSPS) is 21.0. The fourth-order valence-electron chi connectivity index (χ4n) is 2.67. The molecule has 2 aromatic rings. The van der Waals surface area contributed by atoms with Crippen molar-refractivity contribution in [2.75, 3.05) is 16.8 Å². The van der Waals surface area contributed by atoms with Crippen LogP contribution in [-0.2, 0) is 22.2 Å². The predicted octanol–water partition coefficient (Wildman–Crippen LogP) is 3.20. The summed E-state index contributed by atoms with van der Waals surface area (Å²) in [5, 5.41) is 2.63. The molecular formula is C13H11F6N3O2S. The molecule has 1 aromatic heterocycles. The minimum atomic E-state index is -5.03. The van der Waals surface area contributed by atoms with Gasteiger partial charge in [-0.1, -0.05) is 0 Å². The Morgan fingerprint density at radius 2 is 1.80 bits per heavy atom. The zero-order chi connectivity index (χ0) is 18.6. The third-order valence-electron chi connectivity index (χ3n) is 3.79. The fourth-order valence-corrected chi connectivity index (χ4v) is 4.34. The van der Waals surface area contributed by atoms with E-state index in [1.165, 1.54) is 0 Å². The van der Waals surface area contributed by atoms with Crippen molar-refractivity contribution in [3.8, 4) is 0 Å². The van der Waals surface area contributed by atoms with Crippen molar-refractivity contribution in [2.24, 2.45) is 0 Å². The van der Waals surface area contributed by atoms with Crippen LogP contribution in [0.5, 0.6) is 0 Å². The summed E-state index contributed by atoms with van der Waals surface area (Å²) < 4.78 is 101. The monoisotopic (exact) mass is 387 g/mol. The maximum atomic E-state index is 13.1. The molecule has 2 N–H and O–H groups in total. The molecular weight excluding hydrogens is 376 g/mol. The Hall–Kier alpha value is -1.98. The lowest BCUT2D eigenvalue weighted by molar-refractivity contribution is -0.142. The predicted molar refractivity (Wildman–Crippen MR) is 76.8 cm³/mol. The van der Waals surface area contributed by atoms with E-state index >= 15 is 0 Å². The standard InChI is InChI=1S/C13H11F6N3O2S/c14-12(15,16)6-3-8(13(17,18)19)10-9(4-6)21-11(22-10)20-7-1-2-25(23,24)5-7/h3-4,7H,1-2,5H2,(H2,20,21,22). The van der Waals surface area contributed by atoms with Crippen LogP contribution in [0.15, 0.2) is 12.1 Å². The van der Waals surface area contributed by atoms with Gasteiger partial charge in [-0.3, -0.25) is 0 Å². The van der Waals surface area contributed by atoms with Crippen molar-refractivity contribution in [3.05, 3.63) is 23.3 Å². The van der Waals surface area contributed by atoms with Gasteiger partial charge < -0.3 is 10.3 Å². The van der Waals surface area contributed by atoms with Gasteiger partial charge in [0, 0.05) is 6.04 Å². The second-order valence-corrected chi connectivity index (χ2v) is 7.97. The lowest BCUT2D eigenvalue weighted by Gasteiger charge is -2.11. The second kappa shape index (κ2) is 5.51. The van der Waals surface area contributed by atoms with Crippen LogP contribution in [0.25, 0.3) is 11.0 Å². The molecule has 3 rings (SSSR count). The van der Waals surface area contributed by atoms with E-state index in [1.54, 1.807) is 0 Å². The van der Waals surface area contributed by atoms with Crippen LogP contribution in [0.2, 0.25) is 0 Å². The largest absolute Gasteiger partial charge is 0.418 e. The number of aromatic nitrogens is 2. The smallest absolute Gasteiger partial charge is 0.352 e. The number of anilines is 1. The maximum absolute atomic E-state index is 13.1. The molecule has 138 valence electrons. The first-order chi connectivity index (χ1) is 11.4. The summed E-state index contributed by atoms with van der Waals surface area (Å²) in [4.78, 5) is 6.02. The summed E-state index contributed by atoms with van der Waals surface area (Å²) in [6, 6.07) is -0.0248. The van der Waals surface area contributed by atoms with Crippen LogP contribution in [0.3, 0.4) is 0 Å². The zero-order valence-electron chi connectivity index (χ0n) is 12.3. The molecule has 1 aromatic carbocycles. The number of H-pyrrole nitrogens is 1. The van der Waals surface area contributed by atoms with Gasteiger partial charge >= 0.3 is 12.4 Å². The number of benzene rings is 1. The van der Waals surface area contributed by atoms with Gasteiger partial charge in [0.05, 0.1) is 28.1 Å². The van der Waals surface area contributed by atoms with Gasteiger partial charge in [-0.15, -0.1) is 0 Å². The summed E-state index contributed by atoms with van der Waals surface area (Å²) >= 11 is 0. The molecule has 0 radical (unpaired) electrons. The van der Waals surface area contributed by atoms with E-state index in [-0.39, 0.29) is 29.9 Å². The first-order valence-corrected chi connectivity index (χ1v) is 8.82. The number of hydrogen-bond donors (Lipinski definition) is 2. The van der Waals surface area contributed by atoms with E-state index in [9.17, 15) is 34.8 Å². The Morgan fingerprint density at radius 3 is 2.32 bits per heavy atom. The highest BCUT2D eigenvalue weighted by Gasteiger charge is 2.39. The first-order valence-electron chi connectivity index (χ1n) is 7.00. The Kier molecular flexibility index (Phi) is 3.93. The van der Waals surface area contributed by atoms with Crippen LogP contribution in [0.4, 0.5) is 32.3 Å². The molecule has 0 bridgehead atoms. The average molecular weight is 387 g/mol. The molecule has 5 nitrogen and oxygen atoms in total. The molecule has 25 heavy (non-hydrogen) atoms. The molecule has 0 aliphatic carbocycles. The fraction of sp³-hybridized carbons (Fsp3) is 0.462. The summed E-state index contributed by atoms with van der Waals surface area (Å²) in [6.45, 7) is 0. The maximum Gasteiger partial charge on any atom is 0.418 e. The van der Waals surface area contributed by atoms with Gasteiger partial charge in [0.15, 0.2) is 9.84 Å². The van der Waals surface area contributed by atoms with E-state index in [0.717, 1.165) is 0 Å². The Morgan fingerprint density at radius 1 is 1.12 bits per heavy atom. The number of alkyl halides is 6. The number of rotatable bonds is 2. The van der Waals surface area contributed by atoms with Crippen LogP contribution in [0.1, 0.15) is 17.5 Å². The SMILES string of the molecule is O=S1(=O)CCC(Nc2nc3c(C(F)(F)F)cc(C(F)(F)F)cc3[nH]2)C1. The molecule has 0 amide bonds. The van der Waals surface area contributed by atoms with Crippen molar-refractivity contribution in [3.63, 3.8) is 0 Å². The van der Waals surface area contributed by atoms with Gasteiger partial charge in [-0.05, 0) is 18.6 Å². The quantitative estimate of drug-likeness (QED) is 0.777. The highest BCUT2D eigenvalue weighted by Crippen LogP contribution is 2.39. The van der Waals surface area contributed by atoms with Gasteiger partial charge in [-0.25, -0.2) is 13.4 Å². The second-order valence-electron chi connectivity index (χ2n) is 5.75. The molecule has 1 saturated heterocycles. The van der Waals surface area contributed by atoms with Crippen molar-refractivity contribution >= 4 is 26.8 Å². The molecule has 1 fully saturated rings. The number of nitrogens with zero attached hydrogens (tertiary/aromatic N) is 1. The number of fused-ring (bicyclic) bond motifs is 1. The van der Waals surface area contributed by atoms with Crippen molar-refractivity contribution in [1.82, 2.24) is 9.97 Å². The minimum Gasteiger partial charge on any atom is -0.352 e. The molecule has 1 atom stereocenters. The first kappa shape index (κ1) is 17.8. The summed E-state index contributed by atoms with van der Waals surface area (Å²) in [5.41, 5.74) is -4.07. The summed E-state index contributed by atoms with van der Waals surface area (Å²) in [6.07, 6.45) is -9.74. The molecule has 2 heterocycles. The van der Waals surface area contributed by atoms with Crippen LogP contribution >= 0.6 is 0 Å². The number of halogens is 6. The lowest BCUT2D eigenvalue weighted by atomic mass is 10.1. The number of sulfone groups is 1. The Labute approximate surface area is 137 Å². The number of hydrogen-bond acceptors (Lipinski definition) is 4. The van der Waals surface area contributed by atoms with Gasteiger partial charge in [-0.2, -0.15) is 26.3 Å². The van der Waals surface area contributed by atoms with Crippen LogP contribution < -0.4 is 5.32 Å². The van der Waals surface area contributed by atoms with E-state index in [0.29, 0.717) is 6.07 Å². The number of nitrogens with one attached hydrogen (secondary N) is 2. The molecule has 1 aliphatic rings. The van der Waals surface area contributed by atoms with Crippen molar-refractivity contribution in [1.29, 1.82) is 0 Å². The van der Waals surface area contributed by atoms with E-state index < -0.39 is 50.4 Å². The summed E-state index contributed by atoms with van der Waals surface area (Å²) in [5.74, 6) is -0.497. The third-order valence-corrected chi connectivity index (χ3v) is 5.56. The third kappa shape index (κ3) is 3.67. The van der Waals surface area contributed by atoms with E-state index in [2.05, 4.69) is 15.3 Å². The zero-order valence-corrected chi connectivity index (χ0v) is 13.1. The Balaban J connectivity index is 2.04.